The van der Waals surface area contributed by atoms with Gasteiger partial charge in [0.1, 0.15) is 5.75 Å². The van der Waals surface area contributed by atoms with Gasteiger partial charge in [0.2, 0.25) is 5.88 Å². The summed E-state index contributed by atoms with van der Waals surface area (Å²) in [5, 5.41) is 3.41. The Morgan fingerprint density at radius 3 is 3.00 bits per heavy atom. The average Bonchev–Trinajstić information content (AvgIpc) is 2.49. The van der Waals surface area contributed by atoms with Gasteiger partial charge < -0.3 is 10.1 Å². The van der Waals surface area contributed by atoms with Crippen molar-refractivity contribution in [3.05, 3.63) is 48.4 Å². The number of ether oxygens (including phenoxy) is 1. The average molecular weight is 255 g/mol. The summed E-state index contributed by atoms with van der Waals surface area (Å²) in [6.45, 7) is 2.12. The molecule has 3 heterocycles. The van der Waals surface area contributed by atoms with E-state index in [1.54, 1.807) is 12.4 Å². The molecule has 1 fully saturated rings. The first-order chi connectivity index (χ1) is 9.42. The zero-order valence-electron chi connectivity index (χ0n) is 10.7. The molecular formula is C15H17N3O. The lowest BCUT2D eigenvalue weighted by Gasteiger charge is -2.22. The number of hydrogen-bond donors (Lipinski definition) is 1. The van der Waals surface area contributed by atoms with E-state index in [9.17, 15) is 0 Å². The van der Waals surface area contributed by atoms with E-state index in [1.165, 1.54) is 12.8 Å². The van der Waals surface area contributed by atoms with E-state index in [4.69, 9.17) is 4.74 Å². The van der Waals surface area contributed by atoms with Crippen LogP contribution in [0.15, 0.2) is 42.7 Å². The molecule has 4 nitrogen and oxygen atoms in total. The molecule has 0 aromatic carbocycles. The Bertz CT molecular complexity index is 524. The van der Waals surface area contributed by atoms with Crippen LogP contribution >= 0.6 is 0 Å². The monoisotopic (exact) mass is 255 g/mol. The molecule has 3 rings (SSSR count). The summed E-state index contributed by atoms with van der Waals surface area (Å²) < 4.78 is 5.72. The van der Waals surface area contributed by atoms with Crippen LogP contribution in [0.3, 0.4) is 0 Å². The van der Waals surface area contributed by atoms with Crippen LogP contribution in [0.5, 0.6) is 11.6 Å². The van der Waals surface area contributed by atoms with Crippen molar-refractivity contribution in [1.29, 1.82) is 0 Å². The lowest BCUT2D eigenvalue weighted by atomic mass is 9.96. The first-order valence-corrected chi connectivity index (χ1v) is 6.67. The van der Waals surface area contributed by atoms with E-state index in [0.717, 1.165) is 18.8 Å². The quantitative estimate of drug-likeness (QED) is 0.916. The van der Waals surface area contributed by atoms with Gasteiger partial charge in [0, 0.05) is 30.4 Å². The Balaban J connectivity index is 1.76. The molecular weight excluding hydrogens is 238 g/mol. The number of rotatable bonds is 3. The second kappa shape index (κ2) is 5.80. The molecule has 1 atom stereocenters. The number of pyridine rings is 2. The van der Waals surface area contributed by atoms with E-state index in [2.05, 4.69) is 21.4 Å². The molecule has 1 aliphatic rings. The Labute approximate surface area is 112 Å². The van der Waals surface area contributed by atoms with Crippen LogP contribution in [0.25, 0.3) is 0 Å². The molecule has 4 heteroatoms. The molecule has 2 aromatic heterocycles. The third-order valence-corrected chi connectivity index (χ3v) is 3.32. The molecule has 0 unspecified atom stereocenters. The van der Waals surface area contributed by atoms with Crippen molar-refractivity contribution in [2.24, 2.45) is 0 Å². The Morgan fingerprint density at radius 2 is 2.21 bits per heavy atom. The predicted octanol–water partition coefficient (Wildman–Crippen LogP) is 2.74. The molecule has 2 aromatic rings. The molecule has 19 heavy (non-hydrogen) atoms. The Kier molecular flexibility index (Phi) is 3.70. The van der Waals surface area contributed by atoms with Crippen LogP contribution in [0.1, 0.15) is 24.5 Å². The van der Waals surface area contributed by atoms with Crippen molar-refractivity contribution in [1.82, 2.24) is 15.3 Å². The van der Waals surface area contributed by atoms with E-state index in [-0.39, 0.29) is 0 Å². The summed E-state index contributed by atoms with van der Waals surface area (Å²) in [6, 6.07) is 9.69. The number of nitrogens with one attached hydrogen (secondary N) is 1. The van der Waals surface area contributed by atoms with Gasteiger partial charge in [0.15, 0.2) is 0 Å². The first kappa shape index (κ1) is 12.1. The number of hydrogen-bond acceptors (Lipinski definition) is 4. The summed E-state index contributed by atoms with van der Waals surface area (Å²) in [7, 11) is 0. The smallest absolute Gasteiger partial charge is 0.219 e. The summed E-state index contributed by atoms with van der Waals surface area (Å²) in [5.41, 5.74) is 1.11. The minimum Gasteiger partial charge on any atom is -0.437 e. The summed E-state index contributed by atoms with van der Waals surface area (Å²) in [6.07, 6.45) is 5.82. The highest BCUT2D eigenvalue weighted by atomic mass is 16.5. The third kappa shape index (κ3) is 3.09. The van der Waals surface area contributed by atoms with Crippen molar-refractivity contribution < 1.29 is 4.74 Å². The van der Waals surface area contributed by atoms with E-state index < -0.39 is 0 Å². The molecule has 98 valence electrons. The summed E-state index contributed by atoms with van der Waals surface area (Å²) in [5.74, 6) is 1.84. The van der Waals surface area contributed by atoms with Crippen molar-refractivity contribution in [2.75, 3.05) is 13.1 Å². The normalized spacial score (nSPS) is 19.1. The van der Waals surface area contributed by atoms with Gasteiger partial charge in [-0.1, -0.05) is 6.07 Å². The van der Waals surface area contributed by atoms with Gasteiger partial charge in [-0.2, -0.15) is 0 Å². The highest BCUT2D eigenvalue weighted by Crippen LogP contribution is 2.24. The maximum Gasteiger partial charge on any atom is 0.219 e. The zero-order valence-corrected chi connectivity index (χ0v) is 10.7. The lowest BCUT2D eigenvalue weighted by molar-refractivity contribution is 0.434. The van der Waals surface area contributed by atoms with Gasteiger partial charge in [-0.15, -0.1) is 0 Å². The standard InChI is InChI=1S/C15H17N3O/c1-6-14(12-4-2-8-16-10-12)18-15(7-1)19-13-5-3-9-17-11-13/h1,3,5-7,9,11-12,16H,2,4,8,10H2/t12-/m0/s1. The molecule has 1 aliphatic heterocycles. The SMILES string of the molecule is c1cncc(Oc2cccc([C@H]3CCCNC3)n2)c1. The van der Waals surface area contributed by atoms with Crippen LogP contribution in [-0.2, 0) is 0 Å². The topological polar surface area (TPSA) is 47.0 Å². The first-order valence-electron chi connectivity index (χ1n) is 6.67. The fourth-order valence-electron chi connectivity index (χ4n) is 2.35. The summed E-state index contributed by atoms with van der Waals surface area (Å²) in [4.78, 5) is 8.63. The van der Waals surface area contributed by atoms with Crippen molar-refractivity contribution in [3.8, 4) is 11.6 Å². The largest absolute Gasteiger partial charge is 0.437 e. The third-order valence-electron chi connectivity index (χ3n) is 3.32. The fraction of sp³-hybridized carbons (Fsp3) is 0.333. The van der Waals surface area contributed by atoms with Crippen molar-refractivity contribution in [2.45, 2.75) is 18.8 Å². The summed E-state index contributed by atoms with van der Waals surface area (Å²) >= 11 is 0. The molecule has 1 N–H and O–H groups in total. The maximum atomic E-state index is 5.72. The highest BCUT2D eigenvalue weighted by molar-refractivity contribution is 5.25. The van der Waals surface area contributed by atoms with Crippen LogP contribution < -0.4 is 10.1 Å². The molecule has 0 aliphatic carbocycles. The fourth-order valence-corrected chi connectivity index (χ4v) is 2.35. The maximum absolute atomic E-state index is 5.72. The molecule has 0 bridgehead atoms. The van der Waals surface area contributed by atoms with Gasteiger partial charge in [0.25, 0.3) is 0 Å². The second-order valence-electron chi connectivity index (χ2n) is 4.73. The van der Waals surface area contributed by atoms with E-state index in [1.807, 2.05) is 24.3 Å². The highest BCUT2D eigenvalue weighted by Gasteiger charge is 2.16. The zero-order chi connectivity index (χ0) is 12.9. The molecule has 0 radical (unpaired) electrons. The number of nitrogens with zero attached hydrogens (tertiary/aromatic N) is 2. The van der Waals surface area contributed by atoms with Gasteiger partial charge in [-0.05, 0) is 37.6 Å². The molecule has 0 saturated carbocycles. The Morgan fingerprint density at radius 1 is 1.21 bits per heavy atom. The van der Waals surface area contributed by atoms with Crippen molar-refractivity contribution in [3.63, 3.8) is 0 Å². The minimum absolute atomic E-state index is 0.492. The second-order valence-corrected chi connectivity index (χ2v) is 4.73. The van der Waals surface area contributed by atoms with Gasteiger partial charge >= 0.3 is 0 Å². The molecule has 0 amide bonds. The minimum atomic E-state index is 0.492. The molecule has 0 spiro atoms. The van der Waals surface area contributed by atoms with Crippen LogP contribution in [0, 0.1) is 0 Å². The molecule has 1 saturated heterocycles. The van der Waals surface area contributed by atoms with E-state index >= 15 is 0 Å². The van der Waals surface area contributed by atoms with Crippen LogP contribution in [-0.4, -0.2) is 23.1 Å². The van der Waals surface area contributed by atoms with E-state index in [0.29, 0.717) is 17.5 Å². The number of aromatic nitrogens is 2. The lowest BCUT2D eigenvalue weighted by Crippen LogP contribution is -2.28. The van der Waals surface area contributed by atoms with Gasteiger partial charge in [-0.25, -0.2) is 4.98 Å². The predicted molar refractivity (Wildman–Crippen MR) is 73.4 cm³/mol. The Hall–Kier alpha value is -1.94. The van der Waals surface area contributed by atoms with Gasteiger partial charge in [0.05, 0.1) is 6.20 Å². The van der Waals surface area contributed by atoms with Crippen molar-refractivity contribution >= 4 is 0 Å². The van der Waals surface area contributed by atoms with Crippen LogP contribution in [0.2, 0.25) is 0 Å². The van der Waals surface area contributed by atoms with Crippen LogP contribution in [0.4, 0.5) is 0 Å². The van der Waals surface area contributed by atoms with Gasteiger partial charge in [-0.3, -0.25) is 4.98 Å². The number of piperidine rings is 1.